The highest BCUT2D eigenvalue weighted by atomic mass is 16.4. The molecule has 1 aliphatic carbocycles. The van der Waals surface area contributed by atoms with Gasteiger partial charge in [0.1, 0.15) is 18.2 Å². The van der Waals surface area contributed by atoms with Crippen LogP contribution in [0.1, 0.15) is 37.7 Å². The maximum absolute atomic E-state index is 12.8. The first-order chi connectivity index (χ1) is 13.0. The highest BCUT2D eigenvalue weighted by Gasteiger charge is 2.24. The van der Waals surface area contributed by atoms with Crippen molar-refractivity contribution in [2.75, 3.05) is 7.05 Å². The van der Waals surface area contributed by atoms with E-state index in [1.54, 1.807) is 28.8 Å². The Morgan fingerprint density at radius 1 is 1.30 bits per heavy atom. The van der Waals surface area contributed by atoms with E-state index < -0.39 is 5.97 Å². The maximum atomic E-state index is 12.8. The molecule has 1 N–H and O–H groups in total. The van der Waals surface area contributed by atoms with Crippen LogP contribution in [-0.2, 0) is 16.1 Å². The van der Waals surface area contributed by atoms with Gasteiger partial charge in [0, 0.05) is 35.8 Å². The minimum Gasteiger partial charge on any atom is -0.480 e. The van der Waals surface area contributed by atoms with E-state index in [1.807, 2.05) is 30.3 Å². The second kappa shape index (κ2) is 8.09. The fourth-order valence-corrected chi connectivity index (χ4v) is 3.79. The normalized spacial score (nSPS) is 15.5. The molecule has 0 unspecified atom stereocenters. The van der Waals surface area contributed by atoms with E-state index >= 15 is 0 Å². The zero-order chi connectivity index (χ0) is 19.4. The largest absolute Gasteiger partial charge is 0.480 e. The first-order valence-electron chi connectivity index (χ1n) is 9.20. The van der Waals surface area contributed by atoms with Gasteiger partial charge in [0.2, 0.25) is 0 Å². The number of aliphatic carboxylic acids is 1. The number of hydrogen-bond acceptors (Lipinski definition) is 3. The van der Waals surface area contributed by atoms with Crippen molar-refractivity contribution in [1.82, 2.24) is 9.47 Å². The molecular weight excluding hydrogens is 342 g/mol. The number of likely N-dealkylation sites (N-methyl/N-ethyl adjacent to an activating group) is 1. The molecule has 1 aromatic heterocycles. The molecule has 1 fully saturated rings. The summed E-state index contributed by atoms with van der Waals surface area (Å²) in [6.07, 6.45) is 8.61. The molecule has 6 nitrogen and oxygen atoms in total. The summed E-state index contributed by atoms with van der Waals surface area (Å²) in [5, 5.41) is 19.5. The van der Waals surface area contributed by atoms with E-state index in [9.17, 15) is 14.9 Å². The van der Waals surface area contributed by atoms with E-state index in [0.29, 0.717) is 5.56 Å². The molecule has 0 saturated heterocycles. The quantitative estimate of drug-likeness (QED) is 0.650. The fraction of sp³-hybridized carbons (Fsp3) is 0.381. The molecule has 1 aromatic carbocycles. The number of aromatic nitrogens is 1. The number of amides is 1. The standard InChI is InChI=1S/C21H23N3O3/c1-23(17-7-3-2-4-8-17)21(27)15(12-22)11-16-13-24(14-20(25)26)19-10-6-5-9-18(16)19/h5-6,9-11,13,17H,2-4,7-8,14H2,1H3,(H,25,26)/b15-11+. The van der Waals surface area contributed by atoms with Crippen molar-refractivity contribution in [3.8, 4) is 6.07 Å². The highest BCUT2D eigenvalue weighted by Crippen LogP contribution is 2.26. The molecule has 1 amide bonds. The number of hydrogen-bond donors (Lipinski definition) is 1. The van der Waals surface area contributed by atoms with Crippen LogP contribution in [0.5, 0.6) is 0 Å². The molecular formula is C21H23N3O3. The van der Waals surface area contributed by atoms with Gasteiger partial charge < -0.3 is 14.6 Å². The summed E-state index contributed by atoms with van der Waals surface area (Å²) in [5.74, 6) is -1.22. The second-order valence-corrected chi connectivity index (χ2v) is 7.00. The predicted molar refractivity (Wildman–Crippen MR) is 103 cm³/mol. The fourth-order valence-electron chi connectivity index (χ4n) is 3.79. The lowest BCUT2D eigenvalue weighted by atomic mass is 9.94. The number of carboxylic acids is 1. The van der Waals surface area contributed by atoms with Gasteiger partial charge in [0.05, 0.1) is 0 Å². The van der Waals surface area contributed by atoms with Crippen molar-refractivity contribution >= 4 is 28.9 Å². The Bertz CT molecular complexity index is 930. The third kappa shape index (κ3) is 4.03. The number of rotatable bonds is 5. The lowest BCUT2D eigenvalue weighted by Crippen LogP contribution is -2.38. The van der Waals surface area contributed by atoms with Gasteiger partial charge in [-0.2, -0.15) is 5.26 Å². The first-order valence-corrected chi connectivity index (χ1v) is 9.20. The van der Waals surface area contributed by atoms with Crippen LogP contribution in [0, 0.1) is 11.3 Å². The van der Waals surface area contributed by atoms with Crippen molar-refractivity contribution in [3.05, 3.63) is 41.6 Å². The van der Waals surface area contributed by atoms with Crippen LogP contribution in [-0.4, -0.2) is 39.5 Å². The van der Waals surface area contributed by atoms with Gasteiger partial charge in [0.15, 0.2) is 0 Å². The van der Waals surface area contributed by atoms with Gasteiger partial charge in [-0.15, -0.1) is 0 Å². The molecule has 140 valence electrons. The zero-order valence-electron chi connectivity index (χ0n) is 15.4. The van der Waals surface area contributed by atoms with E-state index in [4.69, 9.17) is 5.11 Å². The average molecular weight is 365 g/mol. The predicted octanol–water partition coefficient (Wildman–Crippen LogP) is 3.42. The number of nitriles is 1. The summed E-state index contributed by atoms with van der Waals surface area (Å²) in [6.45, 7) is -0.174. The molecule has 2 aromatic rings. The van der Waals surface area contributed by atoms with Crippen LogP contribution >= 0.6 is 0 Å². The number of para-hydroxylation sites is 1. The lowest BCUT2D eigenvalue weighted by molar-refractivity contribution is -0.137. The van der Waals surface area contributed by atoms with Crippen LogP contribution in [0.4, 0.5) is 0 Å². The van der Waals surface area contributed by atoms with E-state index in [1.165, 1.54) is 6.42 Å². The van der Waals surface area contributed by atoms with Crippen molar-refractivity contribution in [2.45, 2.75) is 44.7 Å². The van der Waals surface area contributed by atoms with Gasteiger partial charge in [-0.25, -0.2) is 0 Å². The number of carbonyl (C=O) groups is 2. The molecule has 0 spiro atoms. The second-order valence-electron chi connectivity index (χ2n) is 7.00. The molecule has 1 heterocycles. The van der Waals surface area contributed by atoms with Crippen molar-refractivity contribution in [2.24, 2.45) is 0 Å². The van der Waals surface area contributed by atoms with Gasteiger partial charge in [-0.3, -0.25) is 9.59 Å². The minimum absolute atomic E-state index is 0.0706. The van der Waals surface area contributed by atoms with Gasteiger partial charge >= 0.3 is 5.97 Å². The first kappa shape index (κ1) is 18.7. The van der Waals surface area contributed by atoms with Crippen molar-refractivity contribution in [1.29, 1.82) is 5.26 Å². The topological polar surface area (TPSA) is 86.3 Å². The van der Waals surface area contributed by atoms with Crippen LogP contribution in [0.3, 0.4) is 0 Å². The monoisotopic (exact) mass is 365 g/mol. The molecule has 0 aliphatic heterocycles. The Kier molecular flexibility index (Phi) is 5.60. The Labute approximate surface area is 158 Å². The smallest absolute Gasteiger partial charge is 0.323 e. The van der Waals surface area contributed by atoms with E-state index in [2.05, 4.69) is 0 Å². The van der Waals surface area contributed by atoms with Crippen LogP contribution in [0.15, 0.2) is 36.0 Å². The van der Waals surface area contributed by atoms with Crippen LogP contribution < -0.4 is 0 Å². The maximum Gasteiger partial charge on any atom is 0.323 e. The summed E-state index contributed by atoms with van der Waals surface area (Å²) in [5.41, 5.74) is 1.51. The SMILES string of the molecule is CN(C(=O)/C(C#N)=C/c1cn(CC(=O)O)c2ccccc12)C1CCCCC1. The molecule has 0 atom stereocenters. The number of fused-ring (bicyclic) bond motifs is 1. The summed E-state index contributed by atoms with van der Waals surface area (Å²) in [4.78, 5) is 25.6. The van der Waals surface area contributed by atoms with Gasteiger partial charge in [-0.05, 0) is 25.0 Å². The minimum atomic E-state index is -0.945. The van der Waals surface area contributed by atoms with E-state index in [-0.39, 0.29) is 24.1 Å². The summed E-state index contributed by atoms with van der Waals surface area (Å²) in [6, 6.07) is 9.59. The lowest BCUT2D eigenvalue weighted by Gasteiger charge is -2.31. The van der Waals surface area contributed by atoms with Crippen molar-refractivity contribution < 1.29 is 14.7 Å². The number of carboxylic acid groups (broad SMARTS) is 1. The highest BCUT2D eigenvalue weighted by molar-refractivity contribution is 6.04. The van der Waals surface area contributed by atoms with Crippen LogP contribution in [0.2, 0.25) is 0 Å². The van der Waals surface area contributed by atoms with Gasteiger partial charge in [-0.1, -0.05) is 37.5 Å². The molecule has 6 heteroatoms. The Morgan fingerprint density at radius 3 is 2.67 bits per heavy atom. The van der Waals surface area contributed by atoms with Crippen molar-refractivity contribution in [3.63, 3.8) is 0 Å². The molecule has 1 saturated carbocycles. The number of carbonyl (C=O) groups excluding carboxylic acids is 1. The van der Waals surface area contributed by atoms with E-state index in [0.717, 1.165) is 36.6 Å². The summed E-state index contributed by atoms with van der Waals surface area (Å²) >= 11 is 0. The van der Waals surface area contributed by atoms with Crippen LogP contribution in [0.25, 0.3) is 17.0 Å². The molecule has 3 rings (SSSR count). The third-order valence-corrected chi connectivity index (χ3v) is 5.22. The Morgan fingerprint density at radius 2 is 2.00 bits per heavy atom. The number of nitrogens with zero attached hydrogens (tertiary/aromatic N) is 3. The molecule has 1 aliphatic rings. The summed E-state index contributed by atoms with van der Waals surface area (Å²) < 4.78 is 1.62. The van der Waals surface area contributed by atoms with Gasteiger partial charge in [0.25, 0.3) is 5.91 Å². The summed E-state index contributed by atoms with van der Waals surface area (Å²) in [7, 11) is 1.76. The number of benzene rings is 1. The third-order valence-electron chi connectivity index (χ3n) is 5.22. The Balaban J connectivity index is 1.94. The Hall–Kier alpha value is -3.07. The molecule has 0 bridgehead atoms. The molecule has 0 radical (unpaired) electrons. The molecule has 27 heavy (non-hydrogen) atoms. The average Bonchev–Trinajstić information content (AvgIpc) is 3.02. The zero-order valence-corrected chi connectivity index (χ0v) is 15.4.